The van der Waals surface area contributed by atoms with Gasteiger partial charge in [-0.15, -0.1) is 0 Å². The Balaban J connectivity index is 2.25. The highest BCUT2D eigenvalue weighted by Crippen LogP contribution is 2.19. The molecular weight excluding hydrogens is 252 g/mol. The molecule has 0 unspecified atom stereocenters. The Morgan fingerprint density at radius 3 is 3.11 bits per heavy atom. The van der Waals surface area contributed by atoms with Gasteiger partial charge in [-0.1, -0.05) is 0 Å². The van der Waals surface area contributed by atoms with Crippen molar-refractivity contribution in [3.05, 3.63) is 24.0 Å². The maximum atomic E-state index is 8.65. The molecule has 0 aliphatic carbocycles. The van der Waals surface area contributed by atoms with Crippen LogP contribution in [0.2, 0.25) is 0 Å². The van der Waals surface area contributed by atoms with E-state index in [2.05, 4.69) is 15.3 Å². The van der Waals surface area contributed by atoms with E-state index in [0.29, 0.717) is 12.5 Å². The summed E-state index contributed by atoms with van der Waals surface area (Å²) in [5.74, 6) is 2.84. The van der Waals surface area contributed by atoms with Crippen LogP contribution in [0.25, 0.3) is 0 Å². The van der Waals surface area contributed by atoms with Crippen LogP contribution in [0.5, 0.6) is 5.75 Å². The molecule has 0 radical (unpaired) electrons. The van der Waals surface area contributed by atoms with Crippen LogP contribution in [-0.2, 0) is 5.75 Å². The molecule has 0 atom stereocenters. The van der Waals surface area contributed by atoms with Crippen LogP contribution in [-0.4, -0.2) is 42.6 Å². The van der Waals surface area contributed by atoms with E-state index in [1.54, 1.807) is 32.1 Å². The normalized spacial score (nSPS) is 11.2. The van der Waals surface area contributed by atoms with Crippen LogP contribution < -0.4 is 15.5 Å². The Bertz CT molecular complexity index is 387. The Morgan fingerprint density at radius 2 is 2.44 bits per heavy atom. The number of ether oxygens (including phenoxy) is 1. The molecule has 100 valence electrons. The fourth-order valence-electron chi connectivity index (χ4n) is 1.30. The molecule has 0 saturated carbocycles. The molecule has 0 aromatic carbocycles. The number of thioether (sulfide) groups is 1. The largest absolute Gasteiger partial charge is 0.495 e. The Labute approximate surface area is 111 Å². The molecular formula is C11H18N4O2S. The van der Waals surface area contributed by atoms with Gasteiger partial charge in [-0.05, 0) is 12.1 Å². The first-order valence-electron chi connectivity index (χ1n) is 5.48. The topological polar surface area (TPSA) is 78.8 Å². The average Bonchev–Trinajstić information content (AvgIpc) is 2.43. The molecule has 0 spiro atoms. The highest BCUT2D eigenvalue weighted by Gasteiger charge is 2.03. The standard InChI is InChI=1S/C11H18N4O2S/c1-12-11(15-16)14-6-7-18-8-9-10(17-2)4-3-5-13-9/h3-5,16H,6-8H2,1-2H3,(H2,12,14,15). The third kappa shape index (κ3) is 4.80. The van der Waals surface area contributed by atoms with Gasteiger partial charge in [-0.2, -0.15) is 11.8 Å². The summed E-state index contributed by atoms with van der Waals surface area (Å²) < 4.78 is 5.22. The van der Waals surface area contributed by atoms with E-state index in [-0.39, 0.29) is 0 Å². The number of hydroxylamine groups is 1. The number of nitrogens with zero attached hydrogens (tertiary/aromatic N) is 2. The van der Waals surface area contributed by atoms with Crippen molar-refractivity contribution in [3.63, 3.8) is 0 Å². The number of rotatable bonds is 6. The van der Waals surface area contributed by atoms with Gasteiger partial charge in [0, 0.05) is 31.3 Å². The maximum absolute atomic E-state index is 8.65. The SMILES string of the molecule is CN=C(NO)NCCSCc1ncccc1OC. The average molecular weight is 270 g/mol. The summed E-state index contributed by atoms with van der Waals surface area (Å²) in [6.45, 7) is 0.708. The summed E-state index contributed by atoms with van der Waals surface area (Å²) in [7, 11) is 3.24. The van der Waals surface area contributed by atoms with Gasteiger partial charge in [0.05, 0.1) is 12.8 Å². The van der Waals surface area contributed by atoms with Crippen LogP contribution in [0.4, 0.5) is 0 Å². The van der Waals surface area contributed by atoms with Crippen molar-refractivity contribution in [2.75, 3.05) is 26.5 Å². The fraction of sp³-hybridized carbons (Fsp3) is 0.455. The van der Waals surface area contributed by atoms with Gasteiger partial charge in [-0.25, -0.2) is 5.48 Å². The molecule has 0 bridgehead atoms. The summed E-state index contributed by atoms with van der Waals surface area (Å²) in [5.41, 5.74) is 2.92. The molecule has 18 heavy (non-hydrogen) atoms. The zero-order chi connectivity index (χ0) is 13.2. The first-order chi connectivity index (χ1) is 8.81. The number of hydrogen-bond donors (Lipinski definition) is 3. The smallest absolute Gasteiger partial charge is 0.215 e. The molecule has 1 heterocycles. The lowest BCUT2D eigenvalue weighted by Crippen LogP contribution is -2.36. The van der Waals surface area contributed by atoms with Crippen LogP contribution in [0, 0.1) is 0 Å². The van der Waals surface area contributed by atoms with Crippen LogP contribution in [0.15, 0.2) is 23.3 Å². The molecule has 0 aliphatic rings. The summed E-state index contributed by atoms with van der Waals surface area (Å²) in [5, 5.41) is 11.6. The molecule has 0 amide bonds. The van der Waals surface area contributed by atoms with Gasteiger partial charge < -0.3 is 10.1 Å². The number of guanidine groups is 1. The van der Waals surface area contributed by atoms with Crippen molar-refractivity contribution in [2.24, 2.45) is 4.99 Å². The van der Waals surface area contributed by atoms with Crippen LogP contribution in [0.3, 0.4) is 0 Å². The molecule has 1 aromatic rings. The molecule has 0 aliphatic heterocycles. The second-order valence-electron chi connectivity index (χ2n) is 3.32. The Hall–Kier alpha value is -1.47. The Kier molecular flexibility index (Phi) is 6.97. The lowest BCUT2D eigenvalue weighted by molar-refractivity contribution is 0.229. The van der Waals surface area contributed by atoms with Crippen molar-refractivity contribution < 1.29 is 9.94 Å². The van der Waals surface area contributed by atoms with Gasteiger partial charge in [-0.3, -0.25) is 15.2 Å². The monoisotopic (exact) mass is 270 g/mol. The second kappa shape index (κ2) is 8.60. The first kappa shape index (κ1) is 14.6. The summed E-state index contributed by atoms with van der Waals surface area (Å²) in [6, 6.07) is 3.75. The van der Waals surface area contributed by atoms with Gasteiger partial charge in [0.2, 0.25) is 5.96 Å². The number of pyridine rings is 1. The minimum atomic E-state index is 0.367. The second-order valence-corrected chi connectivity index (χ2v) is 4.42. The lowest BCUT2D eigenvalue weighted by Gasteiger charge is -2.08. The molecule has 0 fully saturated rings. The summed E-state index contributed by atoms with van der Waals surface area (Å²) >= 11 is 1.73. The van der Waals surface area contributed by atoms with E-state index in [0.717, 1.165) is 22.9 Å². The highest BCUT2D eigenvalue weighted by molar-refractivity contribution is 7.98. The van der Waals surface area contributed by atoms with E-state index in [1.807, 2.05) is 17.6 Å². The van der Waals surface area contributed by atoms with E-state index in [9.17, 15) is 0 Å². The molecule has 6 nitrogen and oxygen atoms in total. The number of nitrogens with one attached hydrogen (secondary N) is 2. The first-order valence-corrected chi connectivity index (χ1v) is 6.63. The van der Waals surface area contributed by atoms with Crippen molar-refractivity contribution >= 4 is 17.7 Å². The third-order valence-electron chi connectivity index (χ3n) is 2.18. The third-order valence-corrected chi connectivity index (χ3v) is 3.15. The van der Waals surface area contributed by atoms with Crippen molar-refractivity contribution in [3.8, 4) is 5.75 Å². The molecule has 1 aromatic heterocycles. The van der Waals surface area contributed by atoms with Crippen molar-refractivity contribution in [1.82, 2.24) is 15.8 Å². The van der Waals surface area contributed by atoms with E-state index in [1.165, 1.54) is 0 Å². The number of hydrogen-bond acceptors (Lipinski definition) is 5. The van der Waals surface area contributed by atoms with Gasteiger partial charge in [0.1, 0.15) is 5.75 Å². The molecule has 1 rings (SSSR count). The van der Waals surface area contributed by atoms with Crippen molar-refractivity contribution in [1.29, 1.82) is 0 Å². The van der Waals surface area contributed by atoms with Crippen LogP contribution in [0.1, 0.15) is 5.69 Å². The minimum absolute atomic E-state index is 0.367. The maximum Gasteiger partial charge on any atom is 0.215 e. The molecule has 0 saturated heterocycles. The summed E-state index contributed by atoms with van der Waals surface area (Å²) in [6.07, 6.45) is 1.76. The predicted molar refractivity (Wildman–Crippen MR) is 73.2 cm³/mol. The molecule has 7 heteroatoms. The van der Waals surface area contributed by atoms with Crippen molar-refractivity contribution in [2.45, 2.75) is 5.75 Å². The van der Waals surface area contributed by atoms with Gasteiger partial charge in [0.15, 0.2) is 0 Å². The van der Waals surface area contributed by atoms with Gasteiger partial charge >= 0.3 is 0 Å². The zero-order valence-corrected chi connectivity index (χ0v) is 11.3. The van der Waals surface area contributed by atoms with E-state index >= 15 is 0 Å². The fourth-order valence-corrected chi connectivity index (χ4v) is 2.10. The number of aromatic nitrogens is 1. The highest BCUT2D eigenvalue weighted by atomic mass is 32.2. The predicted octanol–water partition coefficient (Wildman–Crippen LogP) is 0.878. The van der Waals surface area contributed by atoms with E-state index in [4.69, 9.17) is 9.94 Å². The number of aliphatic imine (C=N–C) groups is 1. The van der Waals surface area contributed by atoms with Gasteiger partial charge in [0.25, 0.3) is 0 Å². The Morgan fingerprint density at radius 1 is 1.61 bits per heavy atom. The molecule has 3 N–H and O–H groups in total. The zero-order valence-electron chi connectivity index (χ0n) is 10.5. The quantitative estimate of drug-likeness (QED) is 0.308. The van der Waals surface area contributed by atoms with E-state index < -0.39 is 0 Å². The lowest BCUT2D eigenvalue weighted by atomic mass is 10.3. The summed E-state index contributed by atoms with van der Waals surface area (Å²) in [4.78, 5) is 8.06. The van der Waals surface area contributed by atoms with Crippen LogP contribution >= 0.6 is 11.8 Å². The number of methoxy groups -OCH3 is 1. The minimum Gasteiger partial charge on any atom is -0.495 e.